The van der Waals surface area contributed by atoms with Crippen LogP contribution in [0.3, 0.4) is 0 Å². The van der Waals surface area contributed by atoms with Gasteiger partial charge in [0.25, 0.3) is 5.91 Å². The molecule has 7 heteroatoms. The number of likely N-dealkylation sites (tertiary alicyclic amines) is 1. The first-order valence-electron chi connectivity index (χ1n) is 9.50. The van der Waals surface area contributed by atoms with Crippen molar-refractivity contribution in [2.45, 2.75) is 32.2 Å². The van der Waals surface area contributed by atoms with Gasteiger partial charge in [-0.25, -0.2) is 0 Å². The molecule has 27 heavy (non-hydrogen) atoms. The maximum Gasteiger partial charge on any atom is 0.253 e. The summed E-state index contributed by atoms with van der Waals surface area (Å²) >= 11 is 0. The fourth-order valence-corrected chi connectivity index (χ4v) is 3.82. The van der Waals surface area contributed by atoms with E-state index < -0.39 is 0 Å². The molecule has 0 aromatic heterocycles. The van der Waals surface area contributed by atoms with Gasteiger partial charge in [0.15, 0.2) is 0 Å². The van der Waals surface area contributed by atoms with Crippen LogP contribution in [-0.2, 0) is 9.59 Å². The Morgan fingerprint density at radius 2 is 1.56 bits per heavy atom. The third-order valence-corrected chi connectivity index (χ3v) is 5.41. The van der Waals surface area contributed by atoms with Crippen molar-refractivity contribution in [1.82, 2.24) is 14.7 Å². The van der Waals surface area contributed by atoms with Gasteiger partial charge < -0.3 is 19.4 Å². The van der Waals surface area contributed by atoms with Crippen molar-refractivity contribution in [2.24, 2.45) is 0 Å². The lowest BCUT2D eigenvalue weighted by molar-refractivity contribution is -0.147. The molecule has 0 radical (unpaired) electrons. The molecule has 3 amide bonds. The Bertz CT molecular complexity index is 696. The zero-order valence-corrected chi connectivity index (χ0v) is 16.0. The lowest BCUT2D eigenvalue weighted by Crippen LogP contribution is -2.57. The van der Waals surface area contributed by atoms with Gasteiger partial charge in [0.1, 0.15) is 11.8 Å². The molecule has 0 spiro atoms. The van der Waals surface area contributed by atoms with Crippen molar-refractivity contribution in [3.05, 3.63) is 29.8 Å². The second-order valence-electron chi connectivity index (χ2n) is 7.07. The topological polar surface area (TPSA) is 70.2 Å². The van der Waals surface area contributed by atoms with Crippen molar-refractivity contribution in [3.63, 3.8) is 0 Å². The van der Waals surface area contributed by atoms with E-state index in [0.29, 0.717) is 44.0 Å². The number of hydrogen-bond donors (Lipinski definition) is 0. The van der Waals surface area contributed by atoms with E-state index in [9.17, 15) is 14.4 Å². The Morgan fingerprint density at radius 3 is 2.15 bits per heavy atom. The monoisotopic (exact) mass is 373 g/mol. The summed E-state index contributed by atoms with van der Waals surface area (Å²) in [6.07, 6.45) is 2.65. The normalized spacial score (nSPS) is 20.4. The van der Waals surface area contributed by atoms with Gasteiger partial charge in [-0.05, 0) is 43.5 Å². The van der Waals surface area contributed by atoms with Gasteiger partial charge in [-0.3, -0.25) is 14.4 Å². The van der Waals surface area contributed by atoms with E-state index in [4.69, 9.17) is 4.74 Å². The first kappa shape index (κ1) is 19.2. The highest BCUT2D eigenvalue weighted by Crippen LogP contribution is 2.20. The minimum atomic E-state index is -0.347. The summed E-state index contributed by atoms with van der Waals surface area (Å²) in [5.74, 6) is 0.653. The third kappa shape index (κ3) is 4.23. The number of rotatable bonds is 3. The van der Waals surface area contributed by atoms with Crippen LogP contribution in [0.2, 0.25) is 0 Å². The van der Waals surface area contributed by atoms with Crippen LogP contribution in [0, 0.1) is 0 Å². The molecule has 0 saturated carbocycles. The molecule has 0 N–H and O–H groups in total. The van der Waals surface area contributed by atoms with Crippen molar-refractivity contribution in [3.8, 4) is 5.75 Å². The molecule has 1 atom stereocenters. The van der Waals surface area contributed by atoms with Crippen LogP contribution in [0.4, 0.5) is 0 Å². The van der Waals surface area contributed by atoms with E-state index >= 15 is 0 Å². The number of carbonyl (C=O) groups excluding carboxylic acids is 3. The number of nitrogens with zero attached hydrogens (tertiary/aromatic N) is 3. The maximum absolute atomic E-state index is 12.9. The lowest BCUT2D eigenvalue weighted by atomic mass is 10.0. The van der Waals surface area contributed by atoms with E-state index in [1.807, 2.05) is 0 Å². The molecule has 1 aromatic carbocycles. The molecule has 3 rings (SSSR count). The molecule has 0 bridgehead atoms. The Kier molecular flexibility index (Phi) is 5.98. The summed E-state index contributed by atoms with van der Waals surface area (Å²) in [6.45, 7) is 4.19. The number of piperazine rings is 1. The summed E-state index contributed by atoms with van der Waals surface area (Å²) in [6, 6.07) is 6.70. The van der Waals surface area contributed by atoms with Crippen molar-refractivity contribution < 1.29 is 19.1 Å². The van der Waals surface area contributed by atoms with Crippen LogP contribution < -0.4 is 4.74 Å². The first-order chi connectivity index (χ1) is 13.0. The molecule has 0 unspecified atom stereocenters. The molecule has 2 heterocycles. The maximum atomic E-state index is 12.9. The second-order valence-corrected chi connectivity index (χ2v) is 7.07. The molecular formula is C20H27N3O4. The lowest BCUT2D eigenvalue weighted by Gasteiger charge is -2.40. The van der Waals surface area contributed by atoms with Gasteiger partial charge in [0, 0.05) is 45.2 Å². The van der Waals surface area contributed by atoms with Gasteiger partial charge in [0.2, 0.25) is 11.8 Å². The molecule has 2 aliphatic rings. The van der Waals surface area contributed by atoms with Gasteiger partial charge in [-0.15, -0.1) is 0 Å². The minimum absolute atomic E-state index is 0.0152. The van der Waals surface area contributed by atoms with E-state index in [-0.39, 0.29) is 23.8 Å². The number of carbonyl (C=O) groups is 3. The fraction of sp³-hybridized carbons (Fsp3) is 0.550. The minimum Gasteiger partial charge on any atom is -0.497 e. The fourth-order valence-electron chi connectivity index (χ4n) is 3.82. The van der Waals surface area contributed by atoms with Crippen LogP contribution in [0.25, 0.3) is 0 Å². The molecule has 2 saturated heterocycles. The SMILES string of the molecule is COc1ccc(C(=O)N2CCN(C(=O)[C@@H]3CCCCN3C(C)=O)CC2)cc1. The highest BCUT2D eigenvalue weighted by molar-refractivity contribution is 5.94. The molecule has 7 nitrogen and oxygen atoms in total. The number of amides is 3. The van der Waals surface area contributed by atoms with E-state index in [0.717, 1.165) is 19.3 Å². The number of benzene rings is 1. The van der Waals surface area contributed by atoms with Crippen molar-refractivity contribution in [1.29, 1.82) is 0 Å². The third-order valence-electron chi connectivity index (χ3n) is 5.41. The van der Waals surface area contributed by atoms with Crippen LogP contribution in [0.15, 0.2) is 24.3 Å². The standard InChI is InChI=1S/C20H27N3O4/c1-15(24)23-10-4-3-5-18(23)20(26)22-13-11-21(12-14-22)19(25)16-6-8-17(27-2)9-7-16/h6-9,18H,3-5,10-14H2,1-2H3/t18-/m0/s1. The van der Waals surface area contributed by atoms with Gasteiger partial charge >= 0.3 is 0 Å². The number of piperidine rings is 1. The smallest absolute Gasteiger partial charge is 0.253 e. The summed E-state index contributed by atoms with van der Waals surface area (Å²) in [5.41, 5.74) is 0.616. The average molecular weight is 373 g/mol. The molecule has 146 valence electrons. The summed E-state index contributed by atoms with van der Waals surface area (Å²) in [7, 11) is 1.59. The predicted octanol–water partition coefficient (Wildman–Crippen LogP) is 1.38. The summed E-state index contributed by atoms with van der Waals surface area (Å²) < 4.78 is 5.12. The number of methoxy groups -OCH3 is 1. The number of hydrogen-bond acceptors (Lipinski definition) is 4. The molecule has 2 aliphatic heterocycles. The first-order valence-corrected chi connectivity index (χ1v) is 9.50. The molecule has 2 fully saturated rings. The van der Waals surface area contributed by atoms with Gasteiger partial charge in [-0.2, -0.15) is 0 Å². The van der Waals surface area contributed by atoms with Gasteiger partial charge in [-0.1, -0.05) is 0 Å². The van der Waals surface area contributed by atoms with Crippen LogP contribution >= 0.6 is 0 Å². The largest absolute Gasteiger partial charge is 0.497 e. The van der Waals surface area contributed by atoms with Crippen LogP contribution in [-0.4, -0.2) is 78.3 Å². The Hall–Kier alpha value is -2.57. The van der Waals surface area contributed by atoms with Crippen LogP contribution in [0.5, 0.6) is 5.75 Å². The Morgan fingerprint density at radius 1 is 0.926 bits per heavy atom. The zero-order valence-electron chi connectivity index (χ0n) is 16.0. The predicted molar refractivity (Wildman–Crippen MR) is 101 cm³/mol. The highest BCUT2D eigenvalue weighted by atomic mass is 16.5. The quantitative estimate of drug-likeness (QED) is 0.803. The second kappa shape index (κ2) is 8.41. The van der Waals surface area contributed by atoms with Gasteiger partial charge in [0.05, 0.1) is 7.11 Å². The summed E-state index contributed by atoms with van der Waals surface area (Å²) in [5, 5.41) is 0. The van der Waals surface area contributed by atoms with E-state index in [1.165, 1.54) is 6.92 Å². The zero-order chi connectivity index (χ0) is 19.4. The molecule has 1 aromatic rings. The molecular weight excluding hydrogens is 346 g/mol. The van der Waals surface area contributed by atoms with Crippen molar-refractivity contribution in [2.75, 3.05) is 39.8 Å². The van der Waals surface area contributed by atoms with Crippen molar-refractivity contribution >= 4 is 17.7 Å². The Balaban J connectivity index is 1.58. The van der Waals surface area contributed by atoms with E-state index in [2.05, 4.69) is 0 Å². The van der Waals surface area contributed by atoms with E-state index in [1.54, 1.807) is 46.1 Å². The Labute approximate surface area is 159 Å². The highest BCUT2D eigenvalue weighted by Gasteiger charge is 2.35. The number of ether oxygens (including phenoxy) is 1. The average Bonchev–Trinajstić information content (AvgIpc) is 2.73. The summed E-state index contributed by atoms with van der Waals surface area (Å²) in [4.78, 5) is 42.6. The van der Waals surface area contributed by atoms with Crippen LogP contribution in [0.1, 0.15) is 36.5 Å². The molecule has 0 aliphatic carbocycles.